The highest BCUT2D eigenvalue weighted by Crippen LogP contribution is 2.32. The standard InChI is InChI=1S/C12H10ClFN2O/c1-17-12-10(5-8(15)6-16-12)9-3-2-7(13)4-11(9)14/h2-6H,15H2,1H3. The Balaban J connectivity index is 2.62. The highest BCUT2D eigenvalue weighted by atomic mass is 35.5. The molecule has 2 N–H and O–H groups in total. The molecule has 0 spiro atoms. The molecular weight excluding hydrogens is 243 g/mol. The van der Waals surface area contributed by atoms with E-state index in [0.717, 1.165) is 0 Å². The molecule has 17 heavy (non-hydrogen) atoms. The summed E-state index contributed by atoms with van der Waals surface area (Å²) in [5.41, 5.74) is 6.93. The third-order valence-corrected chi connectivity index (χ3v) is 2.52. The van der Waals surface area contributed by atoms with Gasteiger partial charge in [0.05, 0.1) is 19.0 Å². The first kappa shape index (κ1) is 11.7. The molecule has 3 nitrogen and oxygen atoms in total. The maximum atomic E-state index is 13.8. The molecule has 0 atom stereocenters. The summed E-state index contributed by atoms with van der Waals surface area (Å²) in [5, 5.41) is 0.335. The molecule has 0 unspecified atom stereocenters. The number of nitrogens with two attached hydrogens (primary N) is 1. The van der Waals surface area contributed by atoms with Crippen molar-refractivity contribution in [2.75, 3.05) is 12.8 Å². The van der Waals surface area contributed by atoms with Crippen LogP contribution >= 0.6 is 11.6 Å². The molecule has 0 aliphatic carbocycles. The fourth-order valence-corrected chi connectivity index (χ4v) is 1.69. The van der Waals surface area contributed by atoms with Crippen LogP contribution in [0.4, 0.5) is 10.1 Å². The molecule has 1 heterocycles. The van der Waals surface area contributed by atoms with Crippen molar-refractivity contribution in [3.05, 3.63) is 41.3 Å². The van der Waals surface area contributed by atoms with E-state index in [1.807, 2.05) is 0 Å². The van der Waals surface area contributed by atoms with Gasteiger partial charge >= 0.3 is 0 Å². The quantitative estimate of drug-likeness (QED) is 0.893. The number of benzene rings is 1. The van der Waals surface area contributed by atoms with Crippen LogP contribution in [0.3, 0.4) is 0 Å². The number of methoxy groups -OCH3 is 1. The zero-order valence-corrected chi connectivity index (χ0v) is 9.83. The topological polar surface area (TPSA) is 48.1 Å². The number of nitrogens with zero attached hydrogens (tertiary/aromatic N) is 1. The lowest BCUT2D eigenvalue weighted by molar-refractivity contribution is 0.399. The number of hydrogen-bond donors (Lipinski definition) is 1. The van der Waals surface area contributed by atoms with Crippen molar-refractivity contribution < 1.29 is 9.13 Å². The Morgan fingerprint density at radius 1 is 1.29 bits per heavy atom. The molecule has 0 amide bonds. The maximum Gasteiger partial charge on any atom is 0.221 e. The molecule has 0 aliphatic rings. The first-order valence-electron chi connectivity index (χ1n) is 4.86. The molecule has 0 radical (unpaired) electrons. The third kappa shape index (κ3) is 2.31. The van der Waals surface area contributed by atoms with Gasteiger partial charge < -0.3 is 10.5 Å². The largest absolute Gasteiger partial charge is 0.481 e. The van der Waals surface area contributed by atoms with Crippen molar-refractivity contribution in [2.24, 2.45) is 0 Å². The zero-order chi connectivity index (χ0) is 12.4. The number of aromatic nitrogens is 1. The van der Waals surface area contributed by atoms with Gasteiger partial charge in [-0.05, 0) is 24.3 Å². The van der Waals surface area contributed by atoms with Gasteiger partial charge in [-0.1, -0.05) is 11.6 Å². The predicted octanol–water partition coefficient (Wildman–Crippen LogP) is 3.13. The minimum absolute atomic E-state index is 0.320. The lowest BCUT2D eigenvalue weighted by atomic mass is 10.1. The summed E-state index contributed by atoms with van der Waals surface area (Å²) in [6.45, 7) is 0. The van der Waals surface area contributed by atoms with Crippen LogP contribution in [-0.4, -0.2) is 12.1 Å². The summed E-state index contributed by atoms with van der Waals surface area (Å²) in [7, 11) is 1.47. The molecule has 0 saturated heterocycles. The first-order chi connectivity index (χ1) is 8.11. The van der Waals surface area contributed by atoms with Gasteiger partial charge in [-0.15, -0.1) is 0 Å². The fourth-order valence-electron chi connectivity index (χ4n) is 1.53. The summed E-state index contributed by atoms with van der Waals surface area (Å²) < 4.78 is 18.8. The van der Waals surface area contributed by atoms with Crippen molar-refractivity contribution >= 4 is 17.3 Å². The Hall–Kier alpha value is -1.81. The molecule has 0 fully saturated rings. The van der Waals surface area contributed by atoms with Crippen molar-refractivity contribution in [3.63, 3.8) is 0 Å². The molecular formula is C12H10ClFN2O. The molecule has 0 aliphatic heterocycles. The van der Waals surface area contributed by atoms with Crippen molar-refractivity contribution in [3.8, 4) is 17.0 Å². The maximum absolute atomic E-state index is 13.8. The SMILES string of the molecule is COc1ncc(N)cc1-c1ccc(Cl)cc1F. The van der Waals surface area contributed by atoms with E-state index in [1.54, 1.807) is 18.2 Å². The number of halogens is 2. The summed E-state index contributed by atoms with van der Waals surface area (Å²) in [6, 6.07) is 6.01. The van der Waals surface area contributed by atoms with Gasteiger partial charge in [0.1, 0.15) is 5.82 Å². The molecule has 2 rings (SSSR count). The monoisotopic (exact) mass is 252 g/mol. The number of nitrogen functional groups attached to an aromatic ring is 1. The summed E-state index contributed by atoms with van der Waals surface area (Å²) in [5.74, 6) is -0.122. The fraction of sp³-hybridized carbons (Fsp3) is 0.0833. The minimum Gasteiger partial charge on any atom is -0.481 e. The van der Waals surface area contributed by atoms with Crippen molar-refractivity contribution in [1.82, 2.24) is 4.98 Å². The van der Waals surface area contributed by atoms with E-state index in [-0.39, 0.29) is 0 Å². The van der Waals surface area contributed by atoms with Gasteiger partial charge in [0.2, 0.25) is 5.88 Å². The summed E-state index contributed by atoms with van der Waals surface area (Å²) in [4.78, 5) is 3.99. The average molecular weight is 253 g/mol. The Kier molecular flexibility index (Phi) is 3.15. The molecule has 88 valence electrons. The zero-order valence-electron chi connectivity index (χ0n) is 9.08. The third-order valence-electron chi connectivity index (χ3n) is 2.29. The molecule has 0 saturated carbocycles. The van der Waals surface area contributed by atoms with E-state index in [4.69, 9.17) is 22.1 Å². The molecule has 1 aromatic carbocycles. The van der Waals surface area contributed by atoms with E-state index < -0.39 is 5.82 Å². The van der Waals surface area contributed by atoms with E-state index in [2.05, 4.69) is 4.98 Å². The van der Waals surface area contributed by atoms with Crippen LogP contribution in [0.25, 0.3) is 11.1 Å². The second kappa shape index (κ2) is 4.59. The highest BCUT2D eigenvalue weighted by Gasteiger charge is 2.12. The predicted molar refractivity (Wildman–Crippen MR) is 65.6 cm³/mol. The van der Waals surface area contributed by atoms with Gasteiger partial charge in [-0.3, -0.25) is 0 Å². The van der Waals surface area contributed by atoms with Crippen LogP contribution in [0, 0.1) is 5.82 Å². The van der Waals surface area contributed by atoms with Gasteiger partial charge in [-0.2, -0.15) is 0 Å². The van der Waals surface area contributed by atoms with Gasteiger partial charge in [0, 0.05) is 16.1 Å². The number of pyridine rings is 1. The molecule has 1 aromatic heterocycles. The molecule has 2 aromatic rings. The Bertz CT molecular complexity index is 560. The summed E-state index contributed by atoms with van der Waals surface area (Å²) >= 11 is 5.70. The van der Waals surface area contributed by atoms with E-state index >= 15 is 0 Å². The first-order valence-corrected chi connectivity index (χ1v) is 5.24. The Labute approximate surface area is 103 Å². The molecule has 5 heteroatoms. The van der Waals surface area contributed by atoms with Crippen LogP contribution in [0.5, 0.6) is 5.88 Å². The minimum atomic E-state index is -0.441. The lowest BCUT2D eigenvalue weighted by Gasteiger charge is -2.09. The van der Waals surface area contributed by atoms with Crippen LogP contribution in [0.2, 0.25) is 5.02 Å². The van der Waals surface area contributed by atoms with Crippen molar-refractivity contribution in [2.45, 2.75) is 0 Å². The smallest absolute Gasteiger partial charge is 0.221 e. The van der Waals surface area contributed by atoms with E-state index in [0.29, 0.717) is 27.7 Å². The van der Waals surface area contributed by atoms with Crippen LogP contribution < -0.4 is 10.5 Å². The average Bonchev–Trinajstić information content (AvgIpc) is 2.29. The van der Waals surface area contributed by atoms with Crippen LogP contribution in [-0.2, 0) is 0 Å². The van der Waals surface area contributed by atoms with Crippen LogP contribution in [0.1, 0.15) is 0 Å². The number of ether oxygens (including phenoxy) is 1. The number of hydrogen-bond acceptors (Lipinski definition) is 3. The Morgan fingerprint density at radius 2 is 2.06 bits per heavy atom. The van der Waals surface area contributed by atoms with Gasteiger partial charge in [-0.25, -0.2) is 9.37 Å². The normalized spacial score (nSPS) is 10.3. The second-order valence-corrected chi connectivity index (χ2v) is 3.89. The molecule has 0 bridgehead atoms. The number of anilines is 1. The second-order valence-electron chi connectivity index (χ2n) is 3.45. The van der Waals surface area contributed by atoms with Gasteiger partial charge in [0.25, 0.3) is 0 Å². The van der Waals surface area contributed by atoms with E-state index in [1.165, 1.54) is 19.4 Å². The van der Waals surface area contributed by atoms with Crippen LogP contribution in [0.15, 0.2) is 30.5 Å². The van der Waals surface area contributed by atoms with Crippen molar-refractivity contribution in [1.29, 1.82) is 0 Å². The highest BCUT2D eigenvalue weighted by molar-refractivity contribution is 6.30. The number of rotatable bonds is 2. The lowest BCUT2D eigenvalue weighted by Crippen LogP contribution is -1.96. The van der Waals surface area contributed by atoms with Gasteiger partial charge in [0.15, 0.2) is 0 Å². The summed E-state index contributed by atoms with van der Waals surface area (Å²) in [6.07, 6.45) is 1.45. The van der Waals surface area contributed by atoms with E-state index in [9.17, 15) is 4.39 Å². The Morgan fingerprint density at radius 3 is 2.71 bits per heavy atom.